The van der Waals surface area contributed by atoms with Crippen molar-refractivity contribution in [2.45, 2.75) is 0 Å². The molecule has 0 aliphatic heterocycles. The van der Waals surface area contributed by atoms with E-state index in [9.17, 15) is 0 Å². The molecule has 0 atom stereocenters. The van der Waals surface area contributed by atoms with Crippen LogP contribution in [0.5, 0.6) is 0 Å². The van der Waals surface area contributed by atoms with Crippen LogP contribution in [0.1, 0.15) is 0 Å². The number of aromatic nitrogens is 2. The number of fused-ring (bicyclic) bond motifs is 6. The first kappa shape index (κ1) is 36.8. The summed E-state index contributed by atoms with van der Waals surface area (Å²) in [6.45, 7) is 0. The Balaban J connectivity index is 1.24. The topological polar surface area (TPSA) is 9.86 Å². The van der Waals surface area contributed by atoms with Crippen molar-refractivity contribution in [3.05, 3.63) is 255 Å². The Morgan fingerprint density at radius 3 is 1.32 bits per heavy atom. The molecule has 3 heteroatoms. The molecular formula is C60H42N2Si. The first-order chi connectivity index (χ1) is 31.3. The molecule has 0 amide bonds. The molecule has 296 valence electrons. The van der Waals surface area contributed by atoms with E-state index in [-0.39, 0.29) is 0 Å². The first-order valence-electron chi connectivity index (χ1n) is 21.8. The molecule has 63 heavy (non-hydrogen) atoms. The van der Waals surface area contributed by atoms with Crippen molar-refractivity contribution < 1.29 is 0 Å². The summed E-state index contributed by atoms with van der Waals surface area (Å²) < 4.78 is 5.05. The fourth-order valence-corrected chi connectivity index (χ4v) is 15.6. The van der Waals surface area contributed by atoms with Crippen LogP contribution in [0, 0.1) is 0 Å². The van der Waals surface area contributed by atoms with Gasteiger partial charge in [0, 0.05) is 32.8 Å². The second kappa shape index (κ2) is 15.2. The monoisotopic (exact) mass is 818 g/mol. The predicted octanol–water partition coefficient (Wildman–Crippen LogP) is 12.6. The lowest BCUT2D eigenvalue weighted by molar-refractivity contribution is 1.17. The molecule has 2 aromatic heterocycles. The molecular weight excluding hydrogens is 777 g/mol. The molecule has 0 fully saturated rings. The van der Waals surface area contributed by atoms with E-state index in [2.05, 4.69) is 264 Å². The third-order valence-corrected chi connectivity index (χ3v) is 17.9. The highest BCUT2D eigenvalue weighted by molar-refractivity contribution is 7.21. The van der Waals surface area contributed by atoms with Crippen molar-refractivity contribution in [2.24, 2.45) is 0 Å². The zero-order chi connectivity index (χ0) is 41.7. The SMILES string of the molecule is c1ccc(-c2ccccc2-n2c3ccccc3c3cc(-n4c5ccccc5c5ccc(-c6ccccc6)c([Si](c6ccccc6)(c6ccccc6)c6ccccc6)c54)ccc32)cc1. The Bertz CT molecular complexity index is 3500. The number of para-hydroxylation sites is 3. The Kier molecular flexibility index (Phi) is 8.87. The number of rotatable bonds is 8. The number of nitrogens with zero attached hydrogens (tertiary/aromatic N) is 2. The summed E-state index contributed by atoms with van der Waals surface area (Å²) >= 11 is 0. The van der Waals surface area contributed by atoms with E-state index in [0.29, 0.717) is 0 Å². The van der Waals surface area contributed by atoms with Gasteiger partial charge < -0.3 is 9.13 Å². The number of hydrogen-bond acceptors (Lipinski definition) is 0. The van der Waals surface area contributed by atoms with Gasteiger partial charge in [-0.2, -0.15) is 0 Å². The van der Waals surface area contributed by atoms with E-state index >= 15 is 0 Å². The maximum absolute atomic E-state index is 3.12. The summed E-state index contributed by atoms with van der Waals surface area (Å²) in [6, 6.07) is 94.4. The van der Waals surface area contributed by atoms with Gasteiger partial charge >= 0.3 is 0 Å². The lowest BCUT2D eigenvalue weighted by Gasteiger charge is -2.37. The van der Waals surface area contributed by atoms with Gasteiger partial charge in [0.05, 0.1) is 27.8 Å². The second-order valence-corrected chi connectivity index (χ2v) is 20.1. The zero-order valence-electron chi connectivity index (χ0n) is 34.6. The third-order valence-electron chi connectivity index (χ3n) is 13.1. The fourth-order valence-electron chi connectivity index (χ4n) is 10.5. The highest BCUT2D eigenvalue weighted by Gasteiger charge is 2.45. The molecule has 12 rings (SSSR count). The average Bonchev–Trinajstić information content (AvgIpc) is 3.88. The predicted molar refractivity (Wildman–Crippen MR) is 270 cm³/mol. The molecule has 0 N–H and O–H groups in total. The van der Waals surface area contributed by atoms with E-state index in [1.54, 1.807) is 0 Å². The highest BCUT2D eigenvalue weighted by atomic mass is 28.3. The normalized spacial score (nSPS) is 11.8. The van der Waals surface area contributed by atoms with Crippen LogP contribution in [0.4, 0.5) is 0 Å². The van der Waals surface area contributed by atoms with Gasteiger partial charge in [-0.15, -0.1) is 0 Å². The maximum Gasteiger partial charge on any atom is 0.182 e. The molecule has 0 saturated heterocycles. The van der Waals surface area contributed by atoms with Gasteiger partial charge in [0.15, 0.2) is 8.07 Å². The van der Waals surface area contributed by atoms with Crippen LogP contribution < -0.4 is 20.7 Å². The molecule has 0 aliphatic rings. The van der Waals surface area contributed by atoms with Gasteiger partial charge in [-0.05, 0) is 73.8 Å². The van der Waals surface area contributed by atoms with Gasteiger partial charge in [0.1, 0.15) is 0 Å². The lowest BCUT2D eigenvalue weighted by Crippen LogP contribution is -2.75. The summed E-state index contributed by atoms with van der Waals surface area (Å²) in [5.74, 6) is 0. The van der Waals surface area contributed by atoms with Crippen LogP contribution in [-0.2, 0) is 0 Å². The summed E-state index contributed by atoms with van der Waals surface area (Å²) in [7, 11) is -3.12. The molecule has 0 bridgehead atoms. The van der Waals surface area contributed by atoms with Gasteiger partial charge in [0.2, 0.25) is 0 Å². The van der Waals surface area contributed by atoms with Crippen LogP contribution in [0.15, 0.2) is 255 Å². The molecule has 0 saturated carbocycles. The fraction of sp³-hybridized carbons (Fsp3) is 0. The number of benzene rings is 10. The Labute approximate surface area is 368 Å². The molecule has 2 nitrogen and oxygen atoms in total. The molecule has 10 aromatic carbocycles. The van der Waals surface area contributed by atoms with Crippen molar-refractivity contribution >= 4 is 72.4 Å². The van der Waals surface area contributed by atoms with Crippen molar-refractivity contribution in [3.63, 3.8) is 0 Å². The summed E-state index contributed by atoms with van der Waals surface area (Å²) in [5, 5.41) is 10.4. The Morgan fingerprint density at radius 1 is 0.286 bits per heavy atom. The van der Waals surface area contributed by atoms with Crippen molar-refractivity contribution in [3.8, 4) is 33.6 Å². The van der Waals surface area contributed by atoms with E-state index in [4.69, 9.17) is 0 Å². The quantitative estimate of drug-likeness (QED) is 0.107. The van der Waals surface area contributed by atoms with Gasteiger partial charge in [-0.25, -0.2) is 0 Å². The average molecular weight is 819 g/mol. The van der Waals surface area contributed by atoms with Gasteiger partial charge in [0.25, 0.3) is 0 Å². The molecule has 12 aromatic rings. The minimum absolute atomic E-state index is 1.14. The highest BCUT2D eigenvalue weighted by Crippen LogP contribution is 2.40. The minimum Gasteiger partial charge on any atom is -0.309 e. The molecule has 0 aliphatic carbocycles. The Hall–Kier alpha value is -7.98. The number of hydrogen-bond donors (Lipinski definition) is 0. The standard InChI is InChI=1S/C60H42N2Si/c1-6-22-43(23-7-1)49-32-16-19-35-55(49)62-57-37-21-18-34-52(57)54-42-45(38-41-58(54)62)61-56-36-20-17-33-51(56)53-40-39-50(44-24-8-2-9-25-44)60(59(53)61)63(46-26-10-3-11-27-46,47-28-12-4-13-29-47)48-30-14-5-15-31-48/h1-42H. The van der Waals surface area contributed by atoms with Crippen LogP contribution >= 0.6 is 0 Å². The summed E-state index contributed by atoms with van der Waals surface area (Å²) in [4.78, 5) is 0. The molecule has 0 radical (unpaired) electrons. The largest absolute Gasteiger partial charge is 0.309 e. The van der Waals surface area contributed by atoms with Crippen LogP contribution in [0.2, 0.25) is 0 Å². The molecule has 0 unspecified atom stereocenters. The van der Waals surface area contributed by atoms with Gasteiger partial charge in [-0.3, -0.25) is 0 Å². The van der Waals surface area contributed by atoms with Crippen molar-refractivity contribution in [1.29, 1.82) is 0 Å². The van der Waals surface area contributed by atoms with Crippen LogP contribution in [0.25, 0.3) is 77.2 Å². The van der Waals surface area contributed by atoms with E-state index in [1.165, 1.54) is 92.3 Å². The summed E-state index contributed by atoms with van der Waals surface area (Å²) in [6.07, 6.45) is 0. The van der Waals surface area contributed by atoms with E-state index in [1.807, 2.05) is 0 Å². The lowest BCUT2D eigenvalue weighted by atomic mass is 10.0. The Morgan fingerprint density at radius 2 is 0.730 bits per heavy atom. The minimum atomic E-state index is -3.12. The second-order valence-electron chi connectivity index (χ2n) is 16.4. The van der Waals surface area contributed by atoms with Crippen LogP contribution in [-0.4, -0.2) is 17.2 Å². The summed E-state index contributed by atoms with van der Waals surface area (Å²) in [5.41, 5.74) is 12.0. The maximum atomic E-state index is 2.59. The molecule has 0 spiro atoms. The first-order valence-corrected chi connectivity index (χ1v) is 23.8. The van der Waals surface area contributed by atoms with Gasteiger partial charge in [-0.1, -0.05) is 218 Å². The van der Waals surface area contributed by atoms with Crippen LogP contribution in [0.3, 0.4) is 0 Å². The van der Waals surface area contributed by atoms with E-state index in [0.717, 1.165) is 5.69 Å². The van der Waals surface area contributed by atoms with Crippen molar-refractivity contribution in [1.82, 2.24) is 9.13 Å². The zero-order valence-corrected chi connectivity index (χ0v) is 35.6. The molecule has 2 heterocycles. The smallest absolute Gasteiger partial charge is 0.182 e. The third kappa shape index (κ3) is 5.78. The van der Waals surface area contributed by atoms with Crippen molar-refractivity contribution in [2.75, 3.05) is 0 Å². The van der Waals surface area contributed by atoms with E-state index < -0.39 is 8.07 Å².